The number of carbonyl (C=O) groups excluding carboxylic acids is 1. The lowest BCUT2D eigenvalue weighted by atomic mass is 10.1. The number of rotatable bonds is 7. The molecule has 0 radical (unpaired) electrons. The van der Waals surface area contributed by atoms with Crippen LogP contribution in [0.2, 0.25) is 0 Å². The van der Waals surface area contributed by atoms with Crippen molar-refractivity contribution in [1.29, 1.82) is 0 Å². The molecule has 3 rings (SSSR count). The Bertz CT molecular complexity index is 831. The highest BCUT2D eigenvalue weighted by Crippen LogP contribution is 2.29. The molecule has 8 heteroatoms. The quantitative estimate of drug-likeness (QED) is 0.685. The summed E-state index contributed by atoms with van der Waals surface area (Å²) in [4.78, 5) is 16.9. The fourth-order valence-electron chi connectivity index (χ4n) is 3.68. The molecule has 29 heavy (non-hydrogen) atoms. The number of likely N-dealkylation sites (N-methyl/N-ethyl adjacent to an activating group) is 1. The molecule has 2 heterocycles. The molecule has 1 N–H and O–H groups in total. The summed E-state index contributed by atoms with van der Waals surface area (Å²) >= 11 is 0. The normalized spacial score (nSPS) is 16.4. The number of piperazine rings is 1. The Morgan fingerprint density at radius 3 is 2.55 bits per heavy atom. The Labute approximate surface area is 178 Å². The summed E-state index contributed by atoms with van der Waals surface area (Å²) in [5.41, 5.74) is 2.38. The van der Waals surface area contributed by atoms with Crippen LogP contribution in [0.15, 0.2) is 18.2 Å². The third-order valence-electron chi connectivity index (χ3n) is 5.45. The Morgan fingerprint density at radius 2 is 1.90 bits per heavy atom. The number of β-amino-alcohol motifs (C(OH)–C–C–N with tert-alkyl or cyclic N) is 1. The van der Waals surface area contributed by atoms with Gasteiger partial charge in [0.05, 0.1) is 12.2 Å². The fourth-order valence-corrected chi connectivity index (χ4v) is 3.68. The monoisotopic (exact) mass is 425 g/mol. The third-order valence-corrected chi connectivity index (χ3v) is 5.45. The van der Waals surface area contributed by atoms with E-state index in [1.165, 1.54) is 0 Å². The number of aliphatic hydroxyl groups is 1. The zero-order valence-corrected chi connectivity index (χ0v) is 18.5. The molecule has 1 aliphatic heterocycles. The average molecular weight is 426 g/mol. The van der Waals surface area contributed by atoms with E-state index >= 15 is 0 Å². The predicted molar refractivity (Wildman–Crippen MR) is 116 cm³/mol. The summed E-state index contributed by atoms with van der Waals surface area (Å²) in [6.45, 7) is 8.84. The summed E-state index contributed by atoms with van der Waals surface area (Å²) in [5.74, 6) is 0.318. The van der Waals surface area contributed by atoms with Gasteiger partial charge in [-0.25, -0.2) is 4.79 Å². The molecular formula is C21H32ClN3O4. The highest BCUT2D eigenvalue weighted by Gasteiger charge is 2.21. The van der Waals surface area contributed by atoms with Crippen molar-refractivity contribution in [2.24, 2.45) is 7.05 Å². The van der Waals surface area contributed by atoms with Crippen molar-refractivity contribution in [2.75, 3.05) is 53.0 Å². The molecule has 0 bridgehead atoms. The molecule has 1 atom stereocenters. The Hall–Kier alpha value is -1.80. The molecule has 0 spiro atoms. The van der Waals surface area contributed by atoms with Gasteiger partial charge in [0.15, 0.2) is 0 Å². The van der Waals surface area contributed by atoms with Crippen LogP contribution in [0.4, 0.5) is 0 Å². The highest BCUT2D eigenvalue weighted by atomic mass is 35.5. The summed E-state index contributed by atoms with van der Waals surface area (Å²) in [6.07, 6.45) is -0.555. The number of benzene rings is 1. The number of hydrogen-bond acceptors (Lipinski definition) is 6. The van der Waals surface area contributed by atoms with Crippen LogP contribution in [0.1, 0.15) is 23.0 Å². The topological polar surface area (TPSA) is 67.2 Å². The van der Waals surface area contributed by atoms with Crippen molar-refractivity contribution in [2.45, 2.75) is 20.0 Å². The summed E-state index contributed by atoms with van der Waals surface area (Å²) < 4.78 is 13.0. The number of carbonyl (C=O) groups is 1. The van der Waals surface area contributed by atoms with Gasteiger partial charge in [0.1, 0.15) is 18.5 Å². The third kappa shape index (κ3) is 5.42. The maximum absolute atomic E-state index is 12.4. The second kappa shape index (κ2) is 10.3. The molecule has 0 saturated carbocycles. The SMILES string of the molecule is CCOC(=O)c1c(C)n(C)c2ccc(OCC(O)CN3CCN(C)CC3)cc12.Cl. The fraction of sp³-hybridized carbons (Fsp3) is 0.571. The van der Waals surface area contributed by atoms with Crippen molar-refractivity contribution in [3.63, 3.8) is 0 Å². The zero-order chi connectivity index (χ0) is 20.3. The van der Waals surface area contributed by atoms with E-state index in [2.05, 4.69) is 16.8 Å². The summed E-state index contributed by atoms with van der Waals surface area (Å²) in [5, 5.41) is 11.2. The summed E-state index contributed by atoms with van der Waals surface area (Å²) in [6, 6.07) is 5.67. The first-order chi connectivity index (χ1) is 13.4. The highest BCUT2D eigenvalue weighted by molar-refractivity contribution is 6.06. The van der Waals surface area contributed by atoms with Crippen LogP contribution in [0.25, 0.3) is 10.9 Å². The Morgan fingerprint density at radius 1 is 1.21 bits per heavy atom. The van der Waals surface area contributed by atoms with E-state index in [1.54, 1.807) is 6.92 Å². The lowest BCUT2D eigenvalue weighted by Crippen LogP contribution is -2.47. The van der Waals surface area contributed by atoms with E-state index < -0.39 is 6.10 Å². The number of nitrogens with zero attached hydrogens (tertiary/aromatic N) is 3. The van der Waals surface area contributed by atoms with Crippen LogP contribution < -0.4 is 4.74 Å². The van der Waals surface area contributed by atoms with Crippen molar-refractivity contribution < 1.29 is 19.4 Å². The second-order valence-corrected chi connectivity index (χ2v) is 7.49. The van der Waals surface area contributed by atoms with Crippen LogP contribution >= 0.6 is 12.4 Å². The molecule has 1 aliphatic rings. The van der Waals surface area contributed by atoms with E-state index in [9.17, 15) is 9.90 Å². The molecule has 0 amide bonds. The lowest BCUT2D eigenvalue weighted by molar-refractivity contribution is 0.0504. The van der Waals surface area contributed by atoms with Crippen LogP contribution in [0.5, 0.6) is 5.75 Å². The van der Waals surface area contributed by atoms with E-state index in [0.29, 0.717) is 24.5 Å². The van der Waals surface area contributed by atoms with E-state index in [-0.39, 0.29) is 25.0 Å². The van der Waals surface area contributed by atoms with Crippen molar-refractivity contribution in [3.8, 4) is 5.75 Å². The number of aryl methyl sites for hydroxylation is 1. The molecular weight excluding hydrogens is 394 g/mol. The molecule has 7 nitrogen and oxygen atoms in total. The average Bonchev–Trinajstić information content (AvgIpc) is 2.92. The van der Waals surface area contributed by atoms with Gasteiger partial charge in [0.2, 0.25) is 0 Å². The molecule has 1 aromatic carbocycles. The molecule has 1 fully saturated rings. The van der Waals surface area contributed by atoms with Crippen LogP contribution in [0, 0.1) is 6.92 Å². The number of aromatic nitrogens is 1. The van der Waals surface area contributed by atoms with Gasteiger partial charge in [-0.15, -0.1) is 12.4 Å². The van der Waals surface area contributed by atoms with Gasteiger partial charge < -0.3 is 24.0 Å². The van der Waals surface area contributed by atoms with Crippen LogP contribution in [0.3, 0.4) is 0 Å². The van der Waals surface area contributed by atoms with Crippen LogP contribution in [-0.4, -0.2) is 84.5 Å². The standard InChI is InChI=1S/C21H31N3O4.ClH/c1-5-27-21(26)20-15(2)23(4)19-7-6-17(12-18(19)20)28-14-16(25)13-24-10-8-22(3)9-11-24;/h6-7,12,16,25H,5,8-11,13-14H2,1-4H3;1H. The number of ether oxygens (including phenoxy) is 2. The first-order valence-electron chi connectivity index (χ1n) is 9.88. The molecule has 1 saturated heterocycles. The number of hydrogen-bond donors (Lipinski definition) is 1. The second-order valence-electron chi connectivity index (χ2n) is 7.49. The molecule has 1 unspecified atom stereocenters. The van der Waals surface area contributed by atoms with Gasteiger partial charge in [-0.2, -0.15) is 0 Å². The minimum atomic E-state index is -0.555. The smallest absolute Gasteiger partial charge is 0.340 e. The summed E-state index contributed by atoms with van der Waals surface area (Å²) in [7, 11) is 4.05. The van der Waals surface area contributed by atoms with Gasteiger partial charge in [-0.05, 0) is 39.1 Å². The van der Waals surface area contributed by atoms with E-state index in [0.717, 1.165) is 42.8 Å². The molecule has 162 valence electrons. The lowest BCUT2D eigenvalue weighted by Gasteiger charge is -2.33. The van der Waals surface area contributed by atoms with Gasteiger partial charge in [-0.1, -0.05) is 0 Å². The van der Waals surface area contributed by atoms with Crippen molar-refractivity contribution in [1.82, 2.24) is 14.4 Å². The van der Waals surface area contributed by atoms with Crippen molar-refractivity contribution >= 4 is 29.3 Å². The van der Waals surface area contributed by atoms with Gasteiger partial charge in [-0.3, -0.25) is 4.90 Å². The zero-order valence-electron chi connectivity index (χ0n) is 17.7. The number of esters is 1. The Balaban J connectivity index is 0.00000300. The largest absolute Gasteiger partial charge is 0.491 e. The maximum atomic E-state index is 12.4. The number of halogens is 1. The molecule has 2 aromatic rings. The van der Waals surface area contributed by atoms with Crippen LogP contribution in [-0.2, 0) is 11.8 Å². The Kier molecular flexibility index (Phi) is 8.34. The minimum absolute atomic E-state index is 0. The maximum Gasteiger partial charge on any atom is 0.340 e. The minimum Gasteiger partial charge on any atom is -0.491 e. The van der Waals surface area contributed by atoms with Gasteiger partial charge in [0.25, 0.3) is 0 Å². The molecule has 0 aliphatic carbocycles. The van der Waals surface area contributed by atoms with Gasteiger partial charge >= 0.3 is 5.97 Å². The van der Waals surface area contributed by atoms with Gasteiger partial charge in [0, 0.05) is 56.4 Å². The van der Waals surface area contributed by atoms with E-state index in [4.69, 9.17) is 9.47 Å². The number of aliphatic hydroxyl groups excluding tert-OH is 1. The number of fused-ring (bicyclic) bond motifs is 1. The first-order valence-corrected chi connectivity index (χ1v) is 9.88. The van der Waals surface area contributed by atoms with E-state index in [1.807, 2.05) is 36.7 Å². The molecule has 1 aromatic heterocycles. The first kappa shape index (κ1) is 23.5. The predicted octanol–water partition coefficient (Wildman–Crippen LogP) is 2.07. The van der Waals surface area contributed by atoms with Crippen molar-refractivity contribution in [3.05, 3.63) is 29.5 Å².